The Labute approximate surface area is 163 Å². The molecule has 3 rings (SSSR count). The lowest BCUT2D eigenvalue weighted by Crippen LogP contribution is -2.42. The Morgan fingerprint density at radius 3 is 2.29 bits per heavy atom. The number of aromatic nitrogens is 1. The molecule has 2 aromatic rings. The van der Waals surface area contributed by atoms with E-state index in [0.717, 1.165) is 17.7 Å². The van der Waals surface area contributed by atoms with E-state index in [2.05, 4.69) is 10.3 Å². The Morgan fingerprint density at radius 1 is 1.11 bits per heavy atom. The first-order valence-electron chi connectivity index (χ1n) is 9.18. The van der Waals surface area contributed by atoms with Crippen molar-refractivity contribution in [3.63, 3.8) is 0 Å². The molecule has 1 aliphatic rings. The minimum absolute atomic E-state index is 0.0174. The molecule has 1 fully saturated rings. The molecule has 0 unspecified atom stereocenters. The third-order valence-electron chi connectivity index (χ3n) is 5.31. The molecule has 28 heavy (non-hydrogen) atoms. The van der Waals surface area contributed by atoms with Gasteiger partial charge in [-0.2, -0.15) is 0 Å². The second-order valence-electron chi connectivity index (χ2n) is 7.16. The van der Waals surface area contributed by atoms with Crippen molar-refractivity contribution in [3.05, 3.63) is 59.9 Å². The zero-order chi connectivity index (χ0) is 20.1. The Balaban J connectivity index is 1.55. The molecule has 2 N–H and O–H groups in total. The number of aliphatic carboxylic acids is 1. The number of anilines is 1. The van der Waals surface area contributed by atoms with Crippen molar-refractivity contribution in [1.29, 1.82) is 0 Å². The summed E-state index contributed by atoms with van der Waals surface area (Å²) in [6.45, 7) is 0.316. The van der Waals surface area contributed by atoms with Gasteiger partial charge in [-0.1, -0.05) is 18.6 Å². The zero-order valence-corrected chi connectivity index (χ0v) is 15.7. The standard InChI is InChI=1S/C21H23N3O4/c1-24(19(26)16-7-11-22-12-8-16)17-5-3-15(4-6-17)14-23-18(25)13-21(20(27)28)9-2-10-21/h3-8,11-12H,2,9-10,13-14H2,1H3,(H,23,25)(H,27,28). The van der Waals surface area contributed by atoms with Gasteiger partial charge in [0.25, 0.3) is 5.91 Å². The van der Waals surface area contributed by atoms with Crippen LogP contribution in [0.25, 0.3) is 0 Å². The van der Waals surface area contributed by atoms with Gasteiger partial charge < -0.3 is 15.3 Å². The highest BCUT2D eigenvalue weighted by atomic mass is 16.4. The average molecular weight is 381 g/mol. The van der Waals surface area contributed by atoms with Gasteiger partial charge in [0.15, 0.2) is 0 Å². The first kappa shape index (κ1) is 19.5. The largest absolute Gasteiger partial charge is 0.481 e. The van der Waals surface area contributed by atoms with E-state index in [1.165, 1.54) is 0 Å². The van der Waals surface area contributed by atoms with Gasteiger partial charge in [0.1, 0.15) is 0 Å². The molecule has 1 aromatic carbocycles. The van der Waals surface area contributed by atoms with Crippen molar-refractivity contribution in [2.24, 2.45) is 5.41 Å². The monoisotopic (exact) mass is 381 g/mol. The second kappa shape index (κ2) is 8.21. The lowest BCUT2D eigenvalue weighted by atomic mass is 9.66. The summed E-state index contributed by atoms with van der Waals surface area (Å²) in [7, 11) is 1.70. The quantitative estimate of drug-likeness (QED) is 0.768. The maximum Gasteiger partial charge on any atom is 0.310 e. The molecule has 0 radical (unpaired) electrons. The molecule has 0 aliphatic heterocycles. The van der Waals surface area contributed by atoms with E-state index in [1.807, 2.05) is 24.3 Å². The normalized spacial score (nSPS) is 14.6. The molecular weight excluding hydrogens is 358 g/mol. The van der Waals surface area contributed by atoms with E-state index in [0.29, 0.717) is 24.9 Å². The molecule has 0 saturated heterocycles. The molecule has 7 heteroatoms. The van der Waals surface area contributed by atoms with Crippen molar-refractivity contribution in [1.82, 2.24) is 10.3 Å². The topological polar surface area (TPSA) is 99.6 Å². The van der Waals surface area contributed by atoms with Crippen LogP contribution in [0, 0.1) is 5.41 Å². The van der Waals surface area contributed by atoms with Crippen LogP contribution >= 0.6 is 0 Å². The van der Waals surface area contributed by atoms with E-state index in [-0.39, 0.29) is 18.2 Å². The maximum atomic E-state index is 12.5. The molecule has 0 spiro atoms. The molecule has 1 saturated carbocycles. The van der Waals surface area contributed by atoms with Gasteiger partial charge in [0.05, 0.1) is 5.41 Å². The number of hydrogen-bond acceptors (Lipinski definition) is 4. The minimum Gasteiger partial charge on any atom is -0.481 e. The first-order valence-corrected chi connectivity index (χ1v) is 9.18. The van der Waals surface area contributed by atoms with Crippen molar-refractivity contribution in [3.8, 4) is 0 Å². The Kier molecular flexibility index (Phi) is 5.73. The van der Waals surface area contributed by atoms with E-state index >= 15 is 0 Å². The summed E-state index contributed by atoms with van der Waals surface area (Å²) < 4.78 is 0. The molecule has 1 aliphatic carbocycles. The summed E-state index contributed by atoms with van der Waals surface area (Å²) in [4.78, 5) is 41.4. The number of carbonyl (C=O) groups excluding carboxylic acids is 2. The van der Waals surface area contributed by atoms with Gasteiger partial charge in [0.2, 0.25) is 5.91 Å². The van der Waals surface area contributed by atoms with E-state index in [4.69, 9.17) is 0 Å². The molecule has 146 valence electrons. The number of hydrogen-bond donors (Lipinski definition) is 2. The van der Waals surface area contributed by atoms with Crippen LogP contribution < -0.4 is 10.2 Å². The minimum atomic E-state index is -0.889. The van der Waals surface area contributed by atoms with Crippen LogP contribution in [0.3, 0.4) is 0 Å². The number of pyridine rings is 1. The Bertz CT molecular complexity index is 861. The van der Waals surface area contributed by atoms with E-state index < -0.39 is 11.4 Å². The molecule has 2 amide bonds. The third-order valence-corrected chi connectivity index (χ3v) is 5.31. The fourth-order valence-electron chi connectivity index (χ4n) is 3.28. The number of carboxylic acids is 1. The number of nitrogens with one attached hydrogen (secondary N) is 1. The van der Waals surface area contributed by atoms with Gasteiger partial charge in [-0.25, -0.2) is 0 Å². The number of carboxylic acid groups (broad SMARTS) is 1. The summed E-state index contributed by atoms with van der Waals surface area (Å²) in [5, 5.41) is 12.1. The van der Waals surface area contributed by atoms with Crippen LogP contribution in [0.2, 0.25) is 0 Å². The molecular formula is C21H23N3O4. The predicted octanol–water partition coefficient (Wildman–Crippen LogP) is 2.62. The highest BCUT2D eigenvalue weighted by Crippen LogP contribution is 2.44. The van der Waals surface area contributed by atoms with Crippen molar-refractivity contribution in [2.45, 2.75) is 32.2 Å². The van der Waals surface area contributed by atoms with Gasteiger partial charge in [-0.3, -0.25) is 19.4 Å². The highest BCUT2D eigenvalue weighted by molar-refractivity contribution is 6.05. The van der Waals surface area contributed by atoms with Gasteiger partial charge in [0, 0.05) is 43.7 Å². The zero-order valence-electron chi connectivity index (χ0n) is 15.7. The Hall–Kier alpha value is -3.22. The first-order chi connectivity index (χ1) is 13.4. The predicted molar refractivity (Wildman–Crippen MR) is 104 cm³/mol. The lowest BCUT2D eigenvalue weighted by molar-refractivity contribution is -0.157. The number of nitrogens with zero attached hydrogens (tertiary/aromatic N) is 2. The van der Waals surface area contributed by atoms with Crippen LogP contribution in [-0.2, 0) is 16.1 Å². The number of rotatable bonds is 7. The van der Waals surface area contributed by atoms with Crippen LogP contribution in [0.5, 0.6) is 0 Å². The Morgan fingerprint density at radius 2 is 1.75 bits per heavy atom. The number of amides is 2. The molecule has 1 heterocycles. The van der Waals surface area contributed by atoms with Crippen LogP contribution in [0.15, 0.2) is 48.8 Å². The van der Waals surface area contributed by atoms with E-state index in [1.54, 1.807) is 36.5 Å². The third kappa shape index (κ3) is 4.19. The van der Waals surface area contributed by atoms with Crippen LogP contribution in [-0.4, -0.2) is 34.9 Å². The summed E-state index contributed by atoms with van der Waals surface area (Å²) in [6.07, 6.45) is 5.14. The van der Waals surface area contributed by atoms with Crippen LogP contribution in [0.1, 0.15) is 41.6 Å². The average Bonchev–Trinajstić information content (AvgIpc) is 2.69. The van der Waals surface area contributed by atoms with E-state index in [9.17, 15) is 19.5 Å². The fourth-order valence-corrected chi connectivity index (χ4v) is 3.28. The van der Waals surface area contributed by atoms with Gasteiger partial charge in [-0.05, 0) is 42.7 Å². The molecule has 7 nitrogen and oxygen atoms in total. The number of benzene rings is 1. The van der Waals surface area contributed by atoms with Crippen molar-refractivity contribution >= 4 is 23.5 Å². The summed E-state index contributed by atoms with van der Waals surface area (Å²) in [5.74, 6) is -1.28. The van der Waals surface area contributed by atoms with Gasteiger partial charge >= 0.3 is 5.97 Å². The molecule has 1 aromatic heterocycles. The smallest absolute Gasteiger partial charge is 0.310 e. The maximum absolute atomic E-state index is 12.5. The summed E-state index contributed by atoms with van der Waals surface area (Å²) in [6, 6.07) is 10.6. The molecule has 0 atom stereocenters. The second-order valence-corrected chi connectivity index (χ2v) is 7.16. The van der Waals surface area contributed by atoms with Crippen LogP contribution in [0.4, 0.5) is 5.69 Å². The van der Waals surface area contributed by atoms with Crippen molar-refractivity contribution in [2.75, 3.05) is 11.9 Å². The summed E-state index contributed by atoms with van der Waals surface area (Å²) in [5.41, 5.74) is 1.28. The number of carbonyl (C=O) groups is 3. The SMILES string of the molecule is CN(C(=O)c1ccncc1)c1ccc(CNC(=O)CC2(C(=O)O)CCC2)cc1. The van der Waals surface area contributed by atoms with Gasteiger partial charge in [-0.15, -0.1) is 0 Å². The van der Waals surface area contributed by atoms with Crippen molar-refractivity contribution < 1.29 is 19.5 Å². The lowest BCUT2D eigenvalue weighted by Gasteiger charge is -2.36. The fraction of sp³-hybridized carbons (Fsp3) is 0.333. The molecule has 0 bridgehead atoms. The summed E-state index contributed by atoms with van der Waals surface area (Å²) >= 11 is 0. The highest BCUT2D eigenvalue weighted by Gasteiger charge is 2.45.